The Balaban J connectivity index is 2.00. The third-order valence-corrected chi connectivity index (χ3v) is 3.23. The van der Waals surface area contributed by atoms with E-state index in [2.05, 4.69) is 9.97 Å². The first kappa shape index (κ1) is 15.9. The number of hydrogen-bond acceptors (Lipinski definition) is 4. The molecule has 2 rings (SSSR count). The SMILES string of the molecule is OCCCCOCc1cccc(-c2cccc(CCl)n2)n1. The van der Waals surface area contributed by atoms with Gasteiger partial charge in [0.25, 0.3) is 0 Å². The molecule has 0 atom stereocenters. The minimum atomic E-state index is 0.208. The zero-order valence-electron chi connectivity index (χ0n) is 11.8. The number of aliphatic hydroxyl groups excluding tert-OH is 1. The average molecular weight is 307 g/mol. The first-order valence-corrected chi connectivity index (χ1v) is 7.53. The van der Waals surface area contributed by atoms with E-state index in [1.165, 1.54) is 0 Å². The van der Waals surface area contributed by atoms with Crippen LogP contribution in [0.4, 0.5) is 0 Å². The van der Waals surface area contributed by atoms with Crippen molar-refractivity contribution in [3.63, 3.8) is 0 Å². The van der Waals surface area contributed by atoms with Crippen LogP contribution in [-0.2, 0) is 17.2 Å². The fraction of sp³-hybridized carbons (Fsp3) is 0.375. The highest BCUT2D eigenvalue weighted by atomic mass is 35.5. The highest BCUT2D eigenvalue weighted by Gasteiger charge is 2.04. The van der Waals surface area contributed by atoms with Gasteiger partial charge in [0.1, 0.15) is 0 Å². The summed E-state index contributed by atoms with van der Waals surface area (Å²) in [6, 6.07) is 11.6. The summed E-state index contributed by atoms with van der Waals surface area (Å²) >= 11 is 5.81. The van der Waals surface area contributed by atoms with Gasteiger partial charge in [-0.2, -0.15) is 0 Å². The number of halogens is 1. The quantitative estimate of drug-likeness (QED) is 0.601. The maximum Gasteiger partial charge on any atom is 0.0890 e. The van der Waals surface area contributed by atoms with Crippen molar-refractivity contribution in [2.45, 2.75) is 25.3 Å². The molecule has 0 saturated heterocycles. The van der Waals surface area contributed by atoms with Crippen molar-refractivity contribution in [2.75, 3.05) is 13.2 Å². The highest BCUT2D eigenvalue weighted by molar-refractivity contribution is 6.16. The monoisotopic (exact) mass is 306 g/mol. The van der Waals surface area contributed by atoms with E-state index < -0.39 is 0 Å². The number of pyridine rings is 2. The minimum Gasteiger partial charge on any atom is -0.396 e. The molecule has 2 aromatic rings. The summed E-state index contributed by atoms with van der Waals surface area (Å²) in [5.41, 5.74) is 3.34. The topological polar surface area (TPSA) is 55.2 Å². The molecule has 2 aromatic heterocycles. The number of alkyl halides is 1. The van der Waals surface area contributed by atoms with Crippen LogP contribution in [0.5, 0.6) is 0 Å². The van der Waals surface area contributed by atoms with Crippen molar-refractivity contribution in [3.05, 3.63) is 47.8 Å². The zero-order valence-corrected chi connectivity index (χ0v) is 12.6. The van der Waals surface area contributed by atoms with Crippen LogP contribution in [0.25, 0.3) is 11.4 Å². The summed E-state index contributed by atoms with van der Waals surface area (Å²) in [5, 5.41) is 8.70. The second kappa shape index (κ2) is 8.72. The Bertz CT molecular complexity index is 563. The molecule has 5 heteroatoms. The normalized spacial score (nSPS) is 10.8. The lowest BCUT2D eigenvalue weighted by molar-refractivity contribution is 0.110. The number of rotatable bonds is 8. The van der Waals surface area contributed by atoms with Gasteiger partial charge in [-0.25, -0.2) is 9.97 Å². The fourth-order valence-electron chi connectivity index (χ4n) is 1.89. The van der Waals surface area contributed by atoms with Crippen LogP contribution in [0.3, 0.4) is 0 Å². The van der Waals surface area contributed by atoms with Crippen LogP contribution in [0.1, 0.15) is 24.2 Å². The third-order valence-electron chi connectivity index (χ3n) is 2.96. The summed E-state index contributed by atoms with van der Waals surface area (Å²) in [6.45, 7) is 1.31. The maximum atomic E-state index is 8.70. The molecule has 0 radical (unpaired) electrons. The first-order chi connectivity index (χ1) is 10.3. The zero-order chi connectivity index (χ0) is 14.9. The van der Waals surface area contributed by atoms with E-state index in [0.717, 1.165) is 35.6 Å². The van der Waals surface area contributed by atoms with Crippen LogP contribution < -0.4 is 0 Å². The molecular weight excluding hydrogens is 288 g/mol. The predicted molar refractivity (Wildman–Crippen MR) is 83.0 cm³/mol. The third kappa shape index (κ3) is 5.08. The van der Waals surface area contributed by atoms with Crippen molar-refractivity contribution in [2.24, 2.45) is 0 Å². The Morgan fingerprint density at radius 1 is 0.952 bits per heavy atom. The predicted octanol–water partition coefficient (Wildman–Crippen LogP) is 3.17. The van der Waals surface area contributed by atoms with Crippen molar-refractivity contribution in [1.29, 1.82) is 0 Å². The van der Waals surface area contributed by atoms with E-state index >= 15 is 0 Å². The van der Waals surface area contributed by atoms with E-state index in [4.69, 9.17) is 21.4 Å². The molecular formula is C16H19ClN2O2. The van der Waals surface area contributed by atoms with Crippen LogP contribution in [-0.4, -0.2) is 28.3 Å². The molecule has 0 fully saturated rings. The first-order valence-electron chi connectivity index (χ1n) is 7.00. The maximum absolute atomic E-state index is 8.70. The van der Waals surface area contributed by atoms with Crippen molar-refractivity contribution in [1.82, 2.24) is 9.97 Å². The van der Waals surface area contributed by atoms with E-state index in [9.17, 15) is 0 Å². The van der Waals surface area contributed by atoms with Gasteiger partial charge in [0.15, 0.2) is 0 Å². The summed E-state index contributed by atoms with van der Waals surface area (Å²) in [4.78, 5) is 9.02. The van der Waals surface area contributed by atoms with E-state index in [0.29, 0.717) is 19.1 Å². The molecule has 2 heterocycles. The largest absolute Gasteiger partial charge is 0.396 e. The number of hydrogen-bond donors (Lipinski definition) is 1. The number of ether oxygens (including phenoxy) is 1. The molecule has 0 aliphatic heterocycles. The average Bonchev–Trinajstić information content (AvgIpc) is 2.55. The van der Waals surface area contributed by atoms with Crippen molar-refractivity contribution < 1.29 is 9.84 Å². The molecule has 0 unspecified atom stereocenters. The molecule has 0 bridgehead atoms. The minimum absolute atomic E-state index is 0.208. The number of nitrogens with zero attached hydrogens (tertiary/aromatic N) is 2. The lowest BCUT2D eigenvalue weighted by Crippen LogP contribution is -2.00. The lowest BCUT2D eigenvalue weighted by Gasteiger charge is -2.06. The van der Waals surface area contributed by atoms with Gasteiger partial charge in [-0.1, -0.05) is 12.1 Å². The molecule has 0 aliphatic rings. The van der Waals surface area contributed by atoms with Crippen molar-refractivity contribution in [3.8, 4) is 11.4 Å². The van der Waals surface area contributed by atoms with Crippen LogP contribution in [0.2, 0.25) is 0 Å². The van der Waals surface area contributed by atoms with Gasteiger partial charge in [0, 0.05) is 13.2 Å². The molecule has 0 amide bonds. The van der Waals surface area contributed by atoms with Gasteiger partial charge < -0.3 is 9.84 Å². The number of aliphatic hydroxyl groups is 1. The van der Waals surface area contributed by atoms with Gasteiger partial charge in [-0.05, 0) is 37.1 Å². The van der Waals surface area contributed by atoms with Gasteiger partial charge in [-0.15, -0.1) is 11.6 Å². The molecule has 21 heavy (non-hydrogen) atoms. The van der Waals surface area contributed by atoms with E-state index in [1.54, 1.807) is 0 Å². The van der Waals surface area contributed by atoms with Gasteiger partial charge in [0.2, 0.25) is 0 Å². The Kier molecular flexibility index (Phi) is 6.60. The second-order valence-electron chi connectivity index (χ2n) is 4.65. The smallest absolute Gasteiger partial charge is 0.0890 e. The lowest BCUT2D eigenvalue weighted by atomic mass is 10.2. The van der Waals surface area contributed by atoms with Crippen molar-refractivity contribution >= 4 is 11.6 Å². The summed E-state index contributed by atoms with van der Waals surface area (Å²) < 4.78 is 5.54. The van der Waals surface area contributed by atoms with Crippen LogP contribution in [0, 0.1) is 0 Å². The summed E-state index contributed by atoms with van der Waals surface area (Å²) in [7, 11) is 0. The molecule has 0 aliphatic carbocycles. The molecule has 0 aromatic carbocycles. The van der Waals surface area contributed by atoms with Crippen LogP contribution >= 0.6 is 11.6 Å². The summed E-state index contributed by atoms with van der Waals surface area (Å²) in [6.07, 6.45) is 1.62. The van der Waals surface area contributed by atoms with E-state index in [1.807, 2.05) is 36.4 Å². The Morgan fingerprint density at radius 3 is 2.29 bits per heavy atom. The molecule has 4 nitrogen and oxygen atoms in total. The highest BCUT2D eigenvalue weighted by Crippen LogP contribution is 2.16. The molecule has 0 spiro atoms. The standard InChI is InChI=1S/C16H19ClN2O2/c17-11-13-5-3-7-15(18-13)16-8-4-6-14(19-16)12-21-10-2-1-9-20/h3-8,20H,1-2,9-12H2. The Labute approximate surface area is 129 Å². The number of aromatic nitrogens is 2. The Hall–Kier alpha value is -1.49. The molecule has 112 valence electrons. The fourth-order valence-corrected chi connectivity index (χ4v) is 2.04. The van der Waals surface area contributed by atoms with Gasteiger partial charge in [-0.3, -0.25) is 0 Å². The summed E-state index contributed by atoms with van der Waals surface area (Å²) in [5.74, 6) is 0.390. The Morgan fingerprint density at radius 2 is 1.62 bits per heavy atom. The second-order valence-corrected chi connectivity index (χ2v) is 4.91. The van der Waals surface area contributed by atoms with Crippen LogP contribution in [0.15, 0.2) is 36.4 Å². The molecule has 0 saturated carbocycles. The number of unbranched alkanes of at least 4 members (excludes halogenated alkanes) is 1. The van der Waals surface area contributed by atoms with Gasteiger partial charge in [0.05, 0.1) is 35.3 Å². The van der Waals surface area contributed by atoms with Gasteiger partial charge >= 0.3 is 0 Å². The van der Waals surface area contributed by atoms with E-state index in [-0.39, 0.29) is 6.61 Å². The molecule has 1 N–H and O–H groups in total.